The van der Waals surface area contributed by atoms with Crippen molar-refractivity contribution in [3.8, 4) is 5.75 Å². The Morgan fingerprint density at radius 3 is 2.32 bits per heavy atom. The van der Waals surface area contributed by atoms with Gasteiger partial charge in [0.25, 0.3) is 0 Å². The van der Waals surface area contributed by atoms with Crippen molar-refractivity contribution >= 4 is 17.6 Å². The fourth-order valence-electron chi connectivity index (χ4n) is 2.25. The maximum atomic E-state index is 9.55. The number of aromatic nitrogens is 1. The molecule has 2 rings (SSSR count). The van der Waals surface area contributed by atoms with Crippen molar-refractivity contribution in [1.82, 2.24) is 10.3 Å². The number of hydrogen-bond acceptors (Lipinski definition) is 6. The van der Waals surface area contributed by atoms with E-state index in [2.05, 4.69) is 21.3 Å². The van der Waals surface area contributed by atoms with Gasteiger partial charge in [0.1, 0.15) is 5.75 Å². The van der Waals surface area contributed by atoms with E-state index in [1.165, 1.54) is 18.5 Å². The second-order valence-electron chi connectivity index (χ2n) is 5.27. The predicted molar refractivity (Wildman–Crippen MR) is 94.1 cm³/mol. The molecule has 2 heterocycles. The second-order valence-corrected chi connectivity index (χ2v) is 5.27. The first-order valence-corrected chi connectivity index (χ1v) is 8.20. The third-order valence-corrected chi connectivity index (χ3v) is 3.31. The molecule has 138 valence electrons. The maximum absolute atomic E-state index is 9.55. The quantitative estimate of drug-likeness (QED) is 0.682. The van der Waals surface area contributed by atoms with Crippen LogP contribution in [0.1, 0.15) is 19.8 Å². The van der Waals surface area contributed by atoms with Crippen LogP contribution < -0.4 is 15.0 Å². The summed E-state index contributed by atoms with van der Waals surface area (Å²) in [5.41, 5.74) is 1.18. The number of nitrogens with one attached hydrogen (secondary N) is 1. The lowest BCUT2D eigenvalue weighted by Gasteiger charge is -2.27. The first-order valence-electron chi connectivity index (χ1n) is 8.20. The van der Waals surface area contributed by atoms with E-state index in [4.69, 9.17) is 14.9 Å². The Morgan fingerprint density at radius 1 is 1.20 bits per heavy atom. The Bertz CT molecular complexity index is 553. The third-order valence-electron chi connectivity index (χ3n) is 3.31. The van der Waals surface area contributed by atoms with Crippen molar-refractivity contribution in [2.75, 3.05) is 37.7 Å². The van der Waals surface area contributed by atoms with E-state index >= 15 is 0 Å². The Morgan fingerprint density at radius 2 is 1.80 bits per heavy atom. The minimum absolute atomic E-state index is 0.558. The molecule has 0 radical (unpaired) electrons. The van der Waals surface area contributed by atoms with Crippen LogP contribution in [0.4, 0.5) is 5.69 Å². The monoisotopic (exact) mass is 351 g/mol. The molecule has 0 unspecified atom stereocenters. The number of rotatable bonds is 5. The van der Waals surface area contributed by atoms with Gasteiger partial charge in [-0.2, -0.15) is 0 Å². The highest BCUT2D eigenvalue weighted by atomic mass is 16.5. The molecule has 0 aliphatic carbocycles. The van der Waals surface area contributed by atoms with Crippen LogP contribution in [-0.4, -0.2) is 59.9 Å². The second kappa shape index (κ2) is 11.9. The van der Waals surface area contributed by atoms with E-state index in [0.717, 1.165) is 31.9 Å². The van der Waals surface area contributed by atoms with Crippen LogP contribution in [0.15, 0.2) is 30.6 Å². The molecule has 1 fully saturated rings. The Hall–Kier alpha value is -2.61. The lowest BCUT2D eigenvalue weighted by molar-refractivity contribution is -0.134. The summed E-state index contributed by atoms with van der Waals surface area (Å²) in [6.45, 7) is 7.07. The van der Waals surface area contributed by atoms with Gasteiger partial charge in [0.2, 0.25) is 0 Å². The smallest absolute Gasteiger partial charge is 0.328 e. The van der Waals surface area contributed by atoms with Crippen molar-refractivity contribution in [1.29, 1.82) is 0 Å². The van der Waals surface area contributed by atoms with Crippen LogP contribution in [-0.2, 0) is 9.59 Å². The van der Waals surface area contributed by atoms with E-state index in [1.807, 2.05) is 13.1 Å². The Balaban J connectivity index is 0.000000333. The van der Waals surface area contributed by atoms with Crippen LogP contribution in [0.25, 0.3) is 0 Å². The molecule has 0 bridgehead atoms. The molecule has 1 aliphatic rings. The van der Waals surface area contributed by atoms with Crippen LogP contribution >= 0.6 is 0 Å². The lowest BCUT2D eigenvalue weighted by atomic mass is 10.2. The third kappa shape index (κ3) is 9.31. The zero-order chi connectivity index (χ0) is 18.5. The van der Waals surface area contributed by atoms with Gasteiger partial charge in [-0.1, -0.05) is 0 Å². The van der Waals surface area contributed by atoms with Crippen molar-refractivity contribution in [2.45, 2.75) is 19.8 Å². The number of anilines is 1. The molecule has 0 saturated carbocycles. The van der Waals surface area contributed by atoms with E-state index in [1.54, 1.807) is 6.20 Å². The first-order chi connectivity index (χ1) is 12.0. The zero-order valence-corrected chi connectivity index (χ0v) is 14.4. The summed E-state index contributed by atoms with van der Waals surface area (Å²) in [4.78, 5) is 25.8. The SMILES string of the molecule is CCOc1cncc(N2CCCNCCC2)c1.O=C(O)/C=C/C(=O)O. The number of carboxylic acid groups (broad SMARTS) is 2. The molecular weight excluding hydrogens is 326 g/mol. The largest absolute Gasteiger partial charge is 0.492 e. The molecule has 0 atom stereocenters. The van der Waals surface area contributed by atoms with Gasteiger partial charge in [-0.05, 0) is 32.9 Å². The molecule has 1 aliphatic heterocycles. The van der Waals surface area contributed by atoms with Gasteiger partial charge in [0, 0.05) is 31.3 Å². The number of aliphatic carboxylic acids is 2. The molecule has 3 N–H and O–H groups in total. The molecule has 8 heteroatoms. The number of hydrogen-bond donors (Lipinski definition) is 3. The molecule has 25 heavy (non-hydrogen) atoms. The fraction of sp³-hybridized carbons (Fsp3) is 0.471. The van der Waals surface area contributed by atoms with Crippen LogP contribution in [0, 0.1) is 0 Å². The summed E-state index contributed by atoms with van der Waals surface area (Å²) in [6.07, 6.45) is 7.18. The minimum atomic E-state index is -1.26. The predicted octanol–water partition coefficient (Wildman–Crippen LogP) is 1.38. The molecular formula is C17H25N3O5. The number of nitrogens with zero attached hydrogens (tertiary/aromatic N) is 2. The summed E-state index contributed by atoms with van der Waals surface area (Å²) in [5, 5.41) is 19.0. The average Bonchev–Trinajstić information content (AvgIpc) is 2.54. The average molecular weight is 351 g/mol. The molecule has 1 aromatic rings. The van der Waals surface area contributed by atoms with Gasteiger partial charge < -0.3 is 25.2 Å². The van der Waals surface area contributed by atoms with Crippen LogP contribution in [0.5, 0.6) is 5.75 Å². The molecule has 1 saturated heterocycles. The van der Waals surface area contributed by atoms with Gasteiger partial charge in [0.15, 0.2) is 0 Å². The van der Waals surface area contributed by atoms with E-state index in [9.17, 15) is 9.59 Å². The summed E-state index contributed by atoms with van der Waals surface area (Å²) in [7, 11) is 0. The zero-order valence-electron chi connectivity index (χ0n) is 14.4. The molecule has 0 spiro atoms. The van der Waals surface area contributed by atoms with Gasteiger partial charge in [-0.15, -0.1) is 0 Å². The maximum Gasteiger partial charge on any atom is 0.328 e. The van der Waals surface area contributed by atoms with Crippen molar-refractivity contribution in [3.05, 3.63) is 30.6 Å². The van der Waals surface area contributed by atoms with E-state index in [0.29, 0.717) is 18.8 Å². The van der Waals surface area contributed by atoms with Crippen LogP contribution in [0.3, 0.4) is 0 Å². The standard InChI is InChI=1S/C13H21N3O.C4H4O4/c1-2-17-13-9-12(10-15-11-13)16-7-3-5-14-6-4-8-16;5-3(6)1-2-4(7)8/h9-11,14H,2-8H2,1H3;1-2H,(H,5,6)(H,7,8)/b;2-1+. The van der Waals surface area contributed by atoms with E-state index in [-0.39, 0.29) is 0 Å². The van der Waals surface area contributed by atoms with Gasteiger partial charge in [0.05, 0.1) is 24.7 Å². The fourth-order valence-corrected chi connectivity index (χ4v) is 2.25. The summed E-state index contributed by atoms with van der Waals surface area (Å²) in [5.74, 6) is -1.65. The lowest BCUT2D eigenvalue weighted by Crippen LogP contribution is -2.33. The van der Waals surface area contributed by atoms with Crippen molar-refractivity contribution in [3.63, 3.8) is 0 Å². The number of pyridine rings is 1. The molecule has 8 nitrogen and oxygen atoms in total. The highest BCUT2D eigenvalue weighted by molar-refractivity contribution is 5.89. The molecule has 0 amide bonds. The molecule has 0 aromatic carbocycles. The van der Waals surface area contributed by atoms with E-state index < -0.39 is 11.9 Å². The normalized spacial score (nSPS) is 14.8. The van der Waals surface area contributed by atoms with Gasteiger partial charge >= 0.3 is 11.9 Å². The van der Waals surface area contributed by atoms with Gasteiger partial charge in [-0.3, -0.25) is 4.98 Å². The number of ether oxygens (including phenoxy) is 1. The minimum Gasteiger partial charge on any atom is -0.492 e. The highest BCUT2D eigenvalue weighted by Crippen LogP contribution is 2.20. The van der Waals surface area contributed by atoms with Crippen molar-refractivity contribution < 1.29 is 24.5 Å². The Labute approximate surface area is 147 Å². The summed E-state index contributed by atoms with van der Waals surface area (Å²) < 4.78 is 5.49. The first kappa shape index (κ1) is 20.4. The van der Waals surface area contributed by atoms with Crippen LogP contribution in [0.2, 0.25) is 0 Å². The number of carbonyl (C=O) groups is 2. The van der Waals surface area contributed by atoms with Gasteiger partial charge in [-0.25, -0.2) is 9.59 Å². The summed E-state index contributed by atoms with van der Waals surface area (Å²) >= 11 is 0. The topological polar surface area (TPSA) is 112 Å². The Kier molecular flexibility index (Phi) is 9.69. The number of carboxylic acids is 2. The molecule has 1 aromatic heterocycles. The van der Waals surface area contributed by atoms with Crippen molar-refractivity contribution in [2.24, 2.45) is 0 Å². The highest BCUT2D eigenvalue weighted by Gasteiger charge is 2.09. The summed E-state index contributed by atoms with van der Waals surface area (Å²) in [6, 6.07) is 2.09.